The van der Waals surface area contributed by atoms with E-state index in [9.17, 15) is 14.7 Å². The second-order valence-electron chi connectivity index (χ2n) is 7.99. The van der Waals surface area contributed by atoms with Crippen molar-refractivity contribution in [1.29, 1.82) is 0 Å². The highest BCUT2D eigenvalue weighted by molar-refractivity contribution is 5.80. The van der Waals surface area contributed by atoms with Crippen molar-refractivity contribution in [3.05, 3.63) is 12.7 Å². The van der Waals surface area contributed by atoms with Gasteiger partial charge in [-0.05, 0) is 55.3 Å². The lowest BCUT2D eigenvalue weighted by molar-refractivity contribution is -0.142. The number of carbonyl (C=O) groups is 2. The quantitative estimate of drug-likeness (QED) is 0.732. The molecule has 130 valence electrons. The highest BCUT2D eigenvalue weighted by atomic mass is 16.6. The molecule has 0 aromatic carbocycles. The molecule has 2 fully saturated rings. The molecule has 0 aromatic heterocycles. The van der Waals surface area contributed by atoms with E-state index < -0.39 is 23.5 Å². The van der Waals surface area contributed by atoms with Gasteiger partial charge >= 0.3 is 12.1 Å². The number of carboxylic acid groups (broad SMARTS) is 1. The molecule has 23 heavy (non-hydrogen) atoms. The Bertz CT molecular complexity index is 468. The summed E-state index contributed by atoms with van der Waals surface area (Å²) in [4.78, 5) is 23.6. The summed E-state index contributed by atoms with van der Waals surface area (Å²) in [5, 5.41) is 11.8. The first-order valence-corrected chi connectivity index (χ1v) is 8.55. The second-order valence-corrected chi connectivity index (χ2v) is 7.99. The fourth-order valence-corrected chi connectivity index (χ4v) is 3.98. The number of hydrogen-bond acceptors (Lipinski definition) is 3. The van der Waals surface area contributed by atoms with Crippen LogP contribution >= 0.6 is 0 Å². The molecule has 5 atom stereocenters. The minimum Gasteiger partial charge on any atom is -0.480 e. The standard InChI is InChI=1S/C18H29NO4/c1-5-6-7-13-12-9-8-11(12)10-14(13)23-17(22)19-15(16(20)21)18(2,3)4/h5,11-15H,1,6-10H2,2-4H3,(H,19,22)(H,20,21)/t11-,12-,13+,14+,15+/m0/s1. The minimum absolute atomic E-state index is 0.0955. The van der Waals surface area contributed by atoms with Crippen molar-refractivity contribution in [2.24, 2.45) is 23.2 Å². The summed E-state index contributed by atoms with van der Waals surface area (Å²) in [6, 6.07) is -0.959. The fraction of sp³-hybridized carbons (Fsp3) is 0.778. The molecule has 5 heteroatoms. The molecule has 1 amide bonds. The van der Waals surface area contributed by atoms with Gasteiger partial charge in [-0.25, -0.2) is 9.59 Å². The molecule has 2 aliphatic rings. The molecular formula is C18H29NO4. The number of alkyl carbamates (subject to hydrolysis) is 1. The third kappa shape index (κ3) is 4.06. The summed E-state index contributed by atoms with van der Waals surface area (Å²) < 4.78 is 5.63. The van der Waals surface area contributed by atoms with Crippen LogP contribution in [0.3, 0.4) is 0 Å². The Morgan fingerprint density at radius 1 is 1.39 bits per heavy atom. The fourth-order valence-electron chi connectivity index (χ4n) is 3.98. The van der Waals surface area contributed by atoms with Crippen LogP contribution in [0.15, 0.2) is 12.7 Å². The van der Waals surface area contributed by atoms with Crippen molar-refractivity contribution < 1.29 is 19.4 Å². The largest absolute Gasteiger partial charge is 0.480 e. The predicted octanol–water partition coefficient (Wildman–Crippen LogP) is 3.59. The van der Waals surface area contributed by atoms with E-state index in [1.165, 1.54) is 12.8 Å². The maximum absolute atomic E-state index is 12.2. The number of allylic oxidation sites excluding steroid dienone is 1. The third-order valence-corrected chi connectivity index (χ3v) is 5.38. The maximum Gasteiger partial charge on any atom is 0.408 e. The van der Waals surface area contributed by atoms with E-state index in [2.05, 4.69) is 11.9 Å². The molecule has 0 radical (unpaired) electrons. The van der Waals surface area contributed by atoms with Crippen LogP contribution in [0, 0.1) is 23.2 Å². The molecule has 2 aliphatic carbocycles. The first-order chi connectivity index (χ1) is 10.7. The van der Waals surface area contributed by atoms with Gasteiger partial charge in [0.2, 0.25) is 0 Å². The van der Waals surface area contributed by atoms with Gasteiger partial charge in [-0.2, -0.15) is 0 Å². The minimum atomic E-state index is -1.04. The van der Waals surface area contributed by atoms with Crippen LogP contribution in [-0.4, -0.2) is 29.3 Å². The van der Waals surface area contributed by atoms with Gasteiger partial charge in [-0.3, -0.25) is 0 Å². The van der Waals surface area contributed by atoms with Gasteiger partial charge in [0.15, 0.2) is 0 Å². The van der Waals surface area contributed by atoms with Crippen LogP contribution < -0.4 is 5.32 Å². The molecule has 2 N–H and O–H groups in total. The Hall–Kier alpha value is -1.52. The summed E-state index contributed by atoms with van der Waals surface area (Å²) >= 11 is 0. The van der Waals surface area contributed by atoms with E-state index in [1.807, 2.05) is 6.08 Å². The van der Waals surface area contributed by atoms with E-state index in [1.54, 1.807) is 20.8 Å². The van der Waals surface area contributed by atoms with Crippen LogP contribution in [0.2, 0.25) is 0 Å². The number of hydrogen-bond donors (Lipinski definition) is 2. The number of rotatable bonds is 6. The van der Waals surface area contributed by atoms with E-state index in [-0.39, 0.29) is 6.10 Å². The number of carbonyl (C=O) groups excluding carboxylic acids is 1. The smallest absolute Gasteiger partial charge is 0.408 e. The Morgan fingerprint density at radius 3 is 2.57 bits per heavy atom. The Labute approximate surface area is 138 Å². The van der Waals surface area contributed by atoms with Gasteiger partial charge < -0.3 is 15.2 Å². The molecule has 0 spiro atoms. The number of nitrogens with one attached hydrogen (secondary N) is 1. The van der Waals surface area contributed by atoms with Crippen molar-refractivity contribution in [3.63, 3.8) is 0 Å². The first-order valence-electron chi connectivity index (χ1n) is 8.55. The van der Waals surface area contributed by atoms with Gasteiger partial charge in [0.25, 0.3) is 0 Å². The van der Waals surface area contributed by atoms with Gasteiger partial charge in [-0.15, -0.1) is 6.58 Å². The lowest BCUT2D eigenvalue weighted by Gasteiger charge is -2.34. The SMILES string of the molecule is C=CCC[C@@H]1[C@H]2CC[C@H]2C[C@H]1OC(=O)N[C@H](C(=O)O)C(C)(C)C. The van der Waals surface area contributed by atoms with E-state index >= 15 is 0 Å². The average molecular weight is 323 g/mol. The normalized spacial score (nSPS) is 30.7. The molecule has 0 bridgehead atoms. The number of ether oxygens (including phenoxy) is 1. The zero-order valence-corrected chi connectivity index (χ0v) is 14.4. The molecule has 2 saturated carbocycles. The third-order valence-electron chi connectivity index (χ3n) is 5.38. The monoisotopic (exact) mass is 323 g/mol. The first kappa shape index (κ1) is 17.8. The summed E-state index contributed by atoms with van der Waals surface area (Å²) in [7, 11) is 0. The summed E-state index contributed by atoms with van der Waals surface area (Å²) in [6.45, 7) is 9.13. The zero-order chi connectivity index (χ0) is 17.2. The van der Waals surface area contributed by atoms with Crippen LogP contribution in [0.1, 0.15) is 52.9 Å². The number of amides is 1. The number of carboxylic acids is 1. The van der Waals surface area contributed by atoms with Crippen LogP contribution in [0.5, 0.6) is 0 Å². The van der Waals surface area contributed by atoms with Crippen molar-refractivity contribution in [1.82, 2.24) is 5.32 Å². The van der Waals surface area contributed by atoms with Gasteiger partial charge in [0.05, 0.1) is 0 Å². The average Bonchev–Trinajstić information content (AvgIpc) is 2.63. The van der Waals surface area contributed by atoms with E-state index in [0.29, 0.717) is 17.8 Å². The molecule has 0 saturated heterocycles. The lowest BCUT2D eigenvalue weighted by Crippen LogP contribution is -2.50. The summed E-state index contributed by atoms with van der Waals surface area (Å²) in [5.41, 5.74) is -0.568. The number of fused-ring (bicyclic) bond motifs is 1. The van der Waals surface area contributed by atoms with Gasteiger partial charge in [0, 0.05) is 0 Å². The molecule has 0 unspecified atom stereocenters. The number of aliphatic carboxylic acids is 1. The molecule has 0 aliphatic heterocycles. The van der Waals surface area contributed by atoms with Crippen molar-refractivity contribution in [3.8, 4) is 0 Å². The van der Waals surface area contributed by atoms with Crippen molar-refractivity contribution in [2.45, 2.75) is 65.0 Å². The second kappa shape index (κ2) is 6.93. The zero-order valence-electron chi connectivity index (χ0n) is 14.4. The van der Waals surface area contributed by atoms with Crippen molar-refractivity contribution >= 4 is 12.1 Å². The summed E-state index contributed by atoms with van der Waals surface area (Å²) in [5.74, 6) is 0.672. The van der Waals surface area contributed by atoms with E-state index in [0.717, 1.165) is 19.3 Å². The van der Waals surface area contributed by atoms with Crippen LogP contribution in [-0.2, 0) is 9.53 Å². The molecule has 2 rings (SSSR count). The highest BCUT2D eigenvalue weighted by Gasteiger charge is 2.49. The van der Waals surface area contributed by atoms with E-state index in [4.69, 9.17) is 4.74 Å². The van der Waals surface area contributed by atoms with Gasteiger partial charge in [-0.1, -0.05) is 26.8 Å². The Balaban J connectivity index is 1.95. The van der Waals surface area contributed by atoms with Crippen LogP contribution in [0.4, 0.5) is 4.79 Å². The predicted molar refractivity (Wildman–Crippen MR) is 88.0 cm³/mol. The van der Waals surface area contributed by atoms with Crippen LogP contribution in [0.25, 0.3) is 0 Å². The molecule has 0 heterocycles. The van der Waals surface area contributed by atoms with Gasteiger partial charge in [0.1, 0.15) is 12.1 Å². The molecule has 5 nitrogen and oxygen atoms in total. The topological polar surface area (TPSA) is 75.6 Å². The highest BCUT2D eigenvalue weighted by Crippen LogP contribution is 2.52. The lowest BCUT2D eigenvalue weighted by atomic mass is 9.72. The Morgan fingerprint density at radius 2 is 2.09 bits per heavy atom. The Kier molecular flexibility index (Phi) is 5.37. The molecule has 0 aromatic rings. The summed E-state index contributed by atoms with van der Waals surface area (Å²) in [6.07, 6.45) is 6.46. The maximum atomic E-state index is 12.2. The van der Waals surface area contributed by atoms with Crippen molar-refractivity contribution in [2.75, 3.05) is 0 Å². The molecular weight excluding hydrogens is 294 g/mol.